The summed E-state index contributed by atoms with van der Waals surface area (Å²) >= 11 is 1.81. The molecule has 11 heavy (non-hydrogen) atoms. The molecule has 1 heterocycles. The molecule has 60 valence electrons. The molecule has 1 aromatic heterocycles. The van der Waals surface area contributed by atoms with E-state index in [1.54, 1.807) is 0 Å². The second-order valence-electron chi connectivity index (χ2n) is 2.64. The van der Waals surface area contributed by atoms with Crippen LogP contribution in [0.25, 0.3) is 0 Å². The fourth-order valence-electron chi connectivity index (χ4n) is 0.960. The van der Waals surface area contributed by atoms with Gasteiger partial charge in [-0.3, -0.25) is 0 Å². The minimum absolute atomic E-state index is 1.06. The normalized spacial score (nSPS) is 10.0. The molecule has 0 atom stereocenters. The summed E-state index contributed by atoms with van der Waals surface area (Å²) in [6.07, 6.45) is 3.02. The largest absolute Gasteiger partial charge is 0.225 e. The highest BCUT2D eigenvalue weighted by molar-refractivity contribution is 7.09. The third-order valence-corrected chi connectivity index (χ3v) is 2.88. The molecular formula is C9H14NS+. The first-order chi connectivity index (χ1) is 5.25. The third kappa shape index (κ3) is 1.90. The molecule has 0 unspecified atom stereocenters. The molecule has 1 nitrogen and oxygen atoms in total. The minimum atomic E-state index is 1.06. The van der Waals surface area contributed by atoms with Gasteiger partial charge in [0.1, 0.15) is 0 Å². The lowest BCUT2D eigenvalue weighted by molar-refractivity contribution is -0.697. The van der Waals surface area contributed by atoms with Crippen LogP contribution < -0.4 is 4.57 Å². The average Bonchev–Trinajstić information content (AvgIpc) is 2.31. The summed E-state index contributed by atoms with van der Waals surface area (Å²) in [5, 5.41) is 0. The molecule has 1 aromatic rings. The molecule has 0 aliphatic carbocycles. The zero-order valence-electron chi connectivity index (χ0n) is 7.13. The van der Waals surface area contributed by atoms with Gasteiger partial charge in [-0.1, -0.05) is 17.4 Å². The van der Waals surface area contributed by atoms with Crippen molar-refractivity contribution in [1.82, 2.24) is 0 Å². The number of hydrogen-bond donors (Lipinski definition) is 0. The Kier molecular flexibility index (Phi) is 2.83. The Balaban J connectivity index is 2.70. The Morgan fingerprint density at radius 2 is 2.36 bits per heavy atom. The molecule has 0 spiro atoms. The van der Waals surface area contributed by atoms with Crippen molar-refractivity contribution < 1.29 is 4.57 Å². The van der Waals surface area contributed by atoms with E-state index >= 15 is 0 Å². The molecule has 0 N–H and O–H groups in total. The van der Waals surface area contributed by atoms with Gasteiger partial charge in [-0.15, -0.1) is 6.58 Å². The van der Waals surface area contributed by atoms with Crippen LogP contribution in [-0.2, 0) is 6.54 Å². The first-order valence-corrected chi connectivity index (χ1v) is 4.68. The predicted octanol–water partition coefficient (Wildman–Crippen LogP) is 2.23. The topological polar surface area (TPSA) is 3.88 Å². The van der Waals surface area contributed by atoms with Crippen LogP contribution in [0, 0.1) is 13.8 Å². The van der Waals surface area contributed by atoms with Crippen LogP contribution in [-0.4, -0.2) is 0 Å². The van der Waals surface area contributed by atoms with Gasteiger partial charge in [0.2, 0.25) is 5.51 Å². The van der Waals surface area contributed by atoms with Gasteiger partial charge in [0.15, 0.2) is 12.2 Å². The maximum absolute atomic E-state index is 3.70. The second-order valence-corrected chi connectivity index (χ2v) is 3.69. The molecule has 0 aliphatic rings. The van der Waals surface area contributed by atoms with Gasteiger partial charge in [0.05, 0.1) is 4.88 Å². The summed E-state index contributed by atoms with van der Waals surface area (Å²) in [5.41, 5.74) is 3.56. The Morgan fingerprint density at radius 3 is 2.82 bits per heavy atom. The molecule has 0 radical (unpaired) electrons. The van der Waals surface area contributed by atoms with Crippen molar-refractivity contribution in [3.8, 4) is 0 Å². The van der Waals surface area contributed by atoms with Crippen LogP contribution in [0.4, 0.5) is 0 Å². The van der Waals surface area contributed by atoms with E-state index in [9.17, 15) is 0 Å². The van der Waals surface area contributed by atoms with Crippen molar-refractivity contribution >= 4 is 11.3 Å². The first-order valence-electron chi connectivity index (χ1n) is 3.80. The van der Waals surface area contributed by atoms with E-state index in [-0.39, 0.29) is 0 Å². The number of allylic oxidation sites excluding steroid dienone is 1. The number of thiazole rings is 1. The lowest BCUT2D eigenvalue weighted by atomic mass is 10.3. The maximum atomic E-state index is 3.70. The molecule has 0 saturated heterocycles. The fraction of sp³-hybridized carbons (Fsp3) is 0.444. The molecule has 1 rings (SSSR count). The lowest BCUT2D eigenvalue weighted by Crippen LogP contribution is -2.33. The summed E-state index contributed by atoms with van der Waals surface area (Å²) < 4.78 is 2.28. The average molecular weight is 168 g/mol. The molecule has 0 aromatic carbocycles. The van der Waals surface area contributed by atoms with Crippen LogP contribution in [0.15, 0.2) is 18.2 Å². The van der Waals surface area contributed by atoms with Gasteiger partial charge < -0.3 is 0 Å². The Bertz CT molecular complexity index is 250. The van der Waals surface area contributed by atoms with Crippen LogP contribution in [0.2, 0.25) is 0 Å². The highest BCUT2D eigenvalue weighted by Gasteiger charge is 2.09. The van der Waals surface area contributed by atoms with Crippen LogP contribution >= 0.6 is 11.3 Å². The minimum Gasteiger partial charge on any atom is -0.192 e. The predicted molar refractivity (Wildman–Crippen MR) is 48.8 cm³/mol. The maximum Gasteiger partial charge on any atom is 0.225 e. The van der Waals surface area contributed by atoms with E-state index in [1.807, 2.05) is 17.4 Å². The van der Waals surface area contributed by atoms with Gasteiger partial charge in [-0.2, -0.15) is 4.57 Å². The van der Waals surface area contributed by atoms with Crippen molar-refractivity contribution in [3.05, 3.63) is 28.7 Å². The van der Waals surface area contributed by atoms with Crippen molar-refractivity contribution in [1.29, 1.82) is 0 Å². The quantitative estimate of drug-likeness (QED) is 0.481. The second kappa shape index (κ2) is 3.67. The molecule has 0 aliphatic heterocycles. The zero-order chi connectivity index (χ0) is 8.27. The van der Waals surface area contributed by atoms with Crippen molar-refractivity contribution in [2.24, 2.45) is 0 Å². The summed E-state index contributed by atoms with van der Waals surface area (Å²) in [4.78, 5) is 1.41. The Labute approximate surface area is 72.0 Å². The lowest BCUT2D eigenvalue weighted by Gasteiger charge is -1.90. The summed E-state index contributed by atoms with van der Waals surface area (Å²) in [7, 11) is 0. The van der Waals surface area contributed by atoms with Crippen molar-refractivity contribution in [2.45, 2.75) is 26.8 Å². The molecule has 2 heteroatoms. The van der Waals surface area contributed by atoms with Crippen molar-refractivity contribution in [3.63, 3.8) is 0 Å². The number of rotatable bonds is 3. The zero-order valence-corrected chi connectivity index (χ0v) is 7.95. The first kappa shape index (κ1) is 8.47. The summed E-state index contributed by atoms with van der Waals surface area (Å²) in [6.45, 7) is 9.09. The van der Waals surface area contributed by atoms with E-state index in [0.29, 0.717) is 0 Å². The SMILES string of the molecule is C=CCC[n+]1csc(C)c1C. The number of aromatic nitrogens is 1. The molecule has 0 bridgehead atoms. The highest BCUT2D eigenvalue weighted by atomic mass is 32.1. The van der Waals surface area contributed by atoms with Crippen LogP contribution in [0.1, 0.15) is 17.0 Å². The number of hydrogen-bond acceptors (Lipinski definition) is 1. The van der Waals surface area contributed by atoms with Crippen LogP contribution in [0.3, 0.4) is 0 Å². The third-order valence-electron chi connectivity index (χ3n) is 1.87. The smallest absolute Gasteiger partial charge is 0.192 e. The highest BCUT2D eigenvalue weighted by Crippen LogP contribution is 2.07. The summed E-state index contributed by atoms with van der Waals surface area (Å²) in [6, 6.07) is 0. The van der Waals surface area contributed by atoms with Crippen molar-refractivity contribution in [2.75, 3.05) is 0 Å². The molecule has 0 saturated carbocycles. The van der Waals surface area contributed by atoms with Gasteiger partial charge in [-0.05, 0) is 6.92 Å². The van der Waals surface area contributed by atoms with E-state index in [1.165, 1.54) is 10.6 Å². The van der Waals surface area contributed by atoms with Crippen LogP contribution in [0.5, 0.6) is 0 Å². The van der Waals surface area contributed by atoms with E-state index in [2.05, 4.69) is 30.5 Å². The number of nitrogens with zero attached hydrogens (tertiary/aromatic N) is 1. The van der Waals surface area contributed by atoms with E-state index in [0.717, 1.165) is 13.0 Å². The van der Waals surface area contributed by atoms with Gasteiger partial charge >= 0.3 is 0 Å². The molecular weight excluding hydrogens is 154 g/mol. The fourth-order valence-corrected chi connectivity index (χ4v) is 1.80. The molecule has 0 amide bonds. The van der Waals surface area contributed by atoms with Gasteiger partial charge in [-0.25, -0.2) is 0 Å². The standard InChI is InChI=1S/C9H14NS/c1-4-5-6-10-7-11-9(3)8(10)2/h4,7H,1,5-6H2,2-3H3/q+1. The molecule has 0 fully saturated rings. The summed E-state index contributed by atoms with van der Waals surface area (Å²) in [5.74, 6) is 0. The Morgan fingerprint density at radius 1 is 1.64 bits per heavy atom. The monoisotopic (exact) mass is 168 g/mol. The van der Waals surface area contributed by atoms with E-state index < -0.39 is 0 Å². The van der Waals surface area contributed by atoms with Gasteiger partial charge in [0, 0.05) is 13.3 Å². The van der Waals surface area contributed by atoms with E-state index in [4.69, 9.17) is 0 Å². The van der Waals surface area contributed by atoms with Gasteiger partial charge in [0.25, 0.3) is 0 Å². The number of aryl methyl sites for hydroxylation is 2. The Hall–Kier alpha value is -0.630.